The molecule has 0 fully saturated rings. The Labute approximate surface area is 124 Å². The van der Waals surface area contributed by atoms with Crippen molar-refractivity contribution < 1.29 is 14.2 Å². The third-order valence-corrected chi connectivity index (χ3v) is 3.64. The second kappa shape index (κ2) is 6.14. The van der Waals surface area contributed by atoms with Crippen molar-refractivity contribution in [1.82, 2.24) is 0 Å². The molecule has 21 heavy (non-hydrogen) atoms. The van der Waals surface area contributed by atoms with Crippen LogP contribution in [0.3, 0.4) is 0 Å². The first kappa shape index (κ1) is 15.3. The van der Waals surface area contributed by atoms with Gasteiger partial charge in [0.25, 0.3) is 0 Å². The van der Waals surface area contributed by atoms with Crippen molar-refractivity contribution in [2.75, 3.05) is 19.0 Å². The van der Waals surface area contributed by atoms with Gasteiger partial charge in [0, 0.05) is 5.69 Å². The van der Waals surface area contributed by atoms with Crippen LogP contribution in [0.4, 0.5) is 10.1 Å². The van der Waals surface area contributed by atoms with Gasteiger partial charge in [-0.1, -0.05) is 12.1 Å². The van der Waals surface area contributed by atoms with E-state index >= 15 is 0 Å². The molecule has 0 heterocycles. The molecule has 0 aliphatic heterocycles. The molecule has 2 aromatic carbocycles. The molecule has 0 amide bonds. The number of methoxy groups -OCH3 is 1. The summed E-state index contributed by atoms with van der Waals surface area (Å²) >= 11 is 0. The number of halogens is 1. The van der Waals surface area contributed by atoms with E-state index in [0.29, 0.717) is 11.1 Å². The van der Waals surface area contributed by atoms with Gasteiger partial charge in [-0.25, -0.2) is 4.39 Å². The lowest BCUT2D eigenvalue weighted by Crippen LogP contribution is -2.36. The van der Waals surface area contributed by atoms with Crippen LogP contribution in [0.2, 0.25) is 0 Å². The van der Waals surface area contributed by atoms with Gasteiger partial charge >= 0.3 is 0 Å². The highest BCUT2D eigenvalue weighted by molar-refractivity contribution is 5.50. The standard InChI is InChI=1S/C17H20FNO2/c1-12-4-5-13(10-16(12)18)17(2,11-20)19-14-6-8-15(21-3)9-7-14/h4-10,19-20H,11H2,1-3H3. The van der Waals surface area contributed by atoms with Crippen LogP contribution in [-0.4, -0.2) is 18.8 Å². The molecule has 2 rings (SSSR count). The molecule has 0 saturated heterocycles. The lowest BCUT2D eigenvalue weighted by molar-refractivity contribution is 0.223. The molecule has 0 radical (unpaired) electrons. The Morgan fingerprint density at radius 1 is 1.19 bits per heavy atom. The average molecular weight is 289 g/mol. The number of hydrogen-bond acceptors (Lipinski definition) is 3. The van der Waals surface area contributed by atoms with Crippen molar-refractivity contribution in [2.45, 2.75) is 19.4 Å². The number of aryl methyl sites for hydroxylation is 1. The maximum atomic E-state index is 13.8. The van der Waals surface area contributed by atoms with Crippen LogP contribution in [0, 0.1) is 12.7 Å². The monoisotopic (exact) mass is 289 g/mol. The van der Waals surface area contributed by atoms with Crippen molar-refractivity contribution in [1.29, 1.82) is 0 Å². The minimum Gasteiger partial charge on any atom is -0.497 e. The van der Waals surface area contributed by atoms with Crippen LogP contribution < -0.4 is 10.1 Å². The summed E-state index contributed by atoms with van der Waals surface area (Å²) in [6.07, 6.45) is 0. The summed E-state index contributed by atoms with van der Waals surface area (Å²) < 4.78 is 18.9. The highest BCUT2D eigenvalue weighted by Gasteiger charge is 2.26. The molecule has 4 heteroatoms. The maximum absolute atomic E-state index is 13.8. The number of benzene rings is 2. The molecule has 112 valence electrons. The molecule has 1 unspecified atom stereocenters. The molecule has 0 spiro atoms. The summed E-state index contributed by atoms with van der Waals surface area (Å²) in [5, 5.41) is 13.0. The Hall–Kier alpha value is -2.07. The number of anilines is 1. The molecule has 0 aliphatic carbocycles. The molecule has 0 aromatic heterocycles. The fourth-order valence-corrected chi connectivity index (χ4v) is 2.13. The molecular formula is C17H20FNO2. The van der Waals surface area contributed by atoms with E-state index in [0.717, 1.165) is 11.4 Å². The van der Waals surface area contributed by atoms with Gasteiger partial charge in [-0.3, -0.25) is 0 Å². The van der Waals surface area contributed by atoms with E-state index < -0.39 is 5.54 Å². The maximum Gasteiger partial charge on any atom is 0.126 e. The molecule has 0 aliphatic rings. The highest BCUT2D eigenvalue weighted by Crippen LogP contribution is 2.28. The lowest BCUT2D eigenvalue weighted by atomic mass is 9.91. The third kappa shape index (κ3) is 3.34. The summed E-state index contributed by atoms with van der Waals surface area (Å²) in [5.74, 6) is 0.483. The van der Waals surface area contributed by atoms with Gasteiger partial charge in [0.2, 0.25) is 0 Å². The van der Waals surface area contributed by atoms with Crippen LogP contribution >= 0.6 is 0 Å². The van der Waals surface area contributed by atoms with Gasteiger partial charge in [0.05, 0.1) is 19.3 Å². The number of aliphatic hydroxyl groups excluding tert-OH is 1. The number of hydrogen-bond donors (Lipinski definition) is 2. The Morgan fingerprint density at radius 2 is 1.86 bits per heavy atom. The van der Waals surface area contributed by atoms with Crippen molar-refractivity contribution >= 4 is 5.69 Å². The second-order valence-electron chi connectivity index (χ2n) is 5.31. The van der Waals surface area contributed by atoms with Gasteiger partial charge < -0.3 is 15.2 Å². The van der Waals surface area contributed by atoms with E-state index in [2.05, 4.69) is 5.32 Å². The largest absolute Gasteiger partial charge is 0.497 e. The van der Waals surface area contributed by atoms with E-state index in [-0.39, 0.29) is 12.4 Å². The quantitative estimate of drug-likeness (QED) is 0.885. The lowest BCUT2D eigenvalue weighted by Gasteiger charge is -2.31. The van der Waals surface area contributed by atoms with E-state index in [1.165, 1.54) is 6.07 Å². The predicted octanol–water partition coefficient (Wildman–Crippen LogP) is 3.46. The minimum atomic E-state index is -0.761. The summed E-state index contributed by atoms with van der Waals surface area (Å²) in [6.45, 7) is 3.40. The molecule has 3 nitrogen and oxygen atoms in total. The van der Waals surface area contributed by atoms with Crippen molar-refractivity contribution in [3.63, 3.8) is 0 Å². The summed E-state index contributed by atoms with van der Waals surface area (Å²) in [4.78, 5) is 0. The van der Waals surface area contributed by atoms with E-state index in [9.17, 15) is 9.50 Å². The zero-order chi connectivity index (χ0) is 15.5. The summed E-state index contributed by atoms with van der Waals surface area (Å²) in [6, 6.07) is 12.4. The van der Waals surface area contributed by atoms with Crippen molar-refractivity contribution in [3.8, 4) is 5.75 Å². The SMILES string of the molecule is COc1ccc(NC(C)(CO)c2ccc(C)c(F)c2)cc1. The number of rotatable bonds is 5. The molecular weight excluding hydrogens is 269 g/mol. The summed E-state index contributed by atoms with van der Waals surface area (Å²) in [5.41, 5.74) is 1.35. The highest BCUT2D eigenvalue weighted by atomic mass is 19.1. The van der Waals surface area contributed by atoms with Gasteiger partial charge in [0.15, 0.2) is 0 Å². The Morgan fingerprint density at radius 3 is 2.38 bits per heavy atom. The van der Waals surface area contributed by atoms with Crippen molar-refractivity contribution in [2.24, 2.45) is 0 Å². The van der Waals surface area contributed by atoms with E-state index in [1.807, 2.05) is 37.3 Å². The first-order valence-electron chi connectivity index (χ1n) is 6.78. The molecule has 1 atom stereocenters. The first-order chi connectivity index (χ1) is 9.98. The zero-order valence-electron chi connectivity index (χ0n) is 12.5. The number of aliphatic hydroxyl groups is 1. The second-order valence-corrected chi connectivity index (χ2v) is 5.31. The van der Waals surface area contributed by atoms with Crippen LogP contribution in [0.15, 0.2) is 42.5 Å². The van der Waals surface area contributed by atoms with Gasteiger partial charge in [-0.05, 0) is 55.3 Å². The fourth-order valence-electron chi connectivity index (χ4n) is 2.13. The average Bonchev–Trinajstić information content (AvgIpc) is 2.50. The Kier molecular flexibility index (Phi) is 4.48. The Bertz CT molecular complexity index is 613. The molecule has 0 bridgehead atoms. The minimum absolute atomic E-state index is 0.151. The zero-order valence-corrected chi connectivity index (χ0v) is 12.5. The van der Waals surface area contributed by atoms with Crippen LogP contribution in [-0.2, 0) is 5.54 Å². The number of ether oxygens (including phenoxy) is 1. The van der Waals surface area contributed by atoms with Gasteiger partial charge in [-0.15, -0.1) is 0 Å². The topological polar surface area (TPSA) is 41.5 Å². The molecule has 0 saturated carbocycles. The van der Waals surface area contributed by atoms with Crippen LogP contribution in [0.1, 0.15) is 18.1 Å². The van der Waals surface area contributed by atoms with Crippen molar-refractivity contribution in [3.05, 3.63) is 59.4 Å². The van der Waals surface area contributed by atoms with Crippen LogP contribution in [0.25, 0.3) is 0 Å². The summed E-state index contributed by atoms with van der Waals surface area (Å²) in [7, 11) is 1.61. The third-order valence-electron chi connectivity index (χ3n) is 3.64. The smallest absolute Gasteiger partial charge is 0.126 e. The van der Waals surface area contributed by atoms with E-state index in [1.54, 1.807) is 20.1 Å². The molecule has 2 N–H and O–H groups in total. The molecule has 2 aromatic rings. The van der Waals surface area contributed by atoms with Gasteiger partial charge in [0.1, 0.15) is 11.6 Å². The number of nitrogens with one attached hydrogen (secondary N) is 1. The van der Waals surface area contributed by atoms with Gasteiger partial charge in [-0.2, -0.15) is 0 Å². The van der Waals surface area contributed by atoms with E-state index in [4.69, 9.17) is 4.74 Å². The Balaban J connectivity index is 2.29. The fraction of sp³-hybridized carbons (Fsp3) is 0.294. The van der Waals surface area contributed by atoms with Crippen LogP contribution in [0.5, 0.6) is 5.75 Å². The first-order valence-corrected chi connectivity index (χ1v) is 6.78. The predicted molar refractivity (Wildman–Crippen MR) is 82.2 cm³/mol. The normalized spacial score (nSPS) is 13.6.